The van der Waals surface area contributed by atoms with Gasteiger partial charge in [-0.15, -0.1) is 0 Å². The molecule has 0 spiro atoms. The number of imidazole rings is 1. The van der Waals surface area contributed by atoms with Gasteiger partial charge in [-0.3, -0.25) is 9.20 Å². The number of thiazole rings is 1. The Morgan fingerprint density at radius 1 is 1.14 bits per heavy atom. The van der Waals surface area contributed by atoms with Crippen LogP contribution >= 0.6 is 11.3 Å². The van der Waals surface area contributed by atoms with Crippen molar-refractivity contribution in [3.05, 3.63) is 72.1 Å². The standard InChI is InChI=1S/C19H14N8OS/c1-12-17(29-19-24-14(8-26(12)19)13-5-3-2-4-6-13)18(28)25-15-7-16(22-10-21-15)27-11-20-9-23-27/h2-11H,1H3,(H,21,22,25,28). The van der Waals surface area contributed by atoms with E-state index in [0.29, 0.717) is 16.5 Å². The molecule has 0 atom stereocenters. The number of amides is 1. The topological polar surface area (TPSA) is 103 Å². The lowest BCUT2D eigenvalue weighted by molar-refractivity contribution is 0.102. The SMILES string of the molecule is Cc1c(C(=O)Nc2cc(-n3cncn3)ncn2)sc2nc(-c3ccccc3)cn12. The first-order valence-corrected chi connectivity index (χ1v) is 9.53. The number of hydrogen-bond donors (Lipinski definition) is 1. The molecule has 4 aromatic heterocycles. The summed E-state index contributed by atoms with van der Waals surface area (Å²) in [5, 5.41) is 6.84. The van der Waals surface area contributed by atoms with Crippen LogP contribution in [0.15, 0.2) is 61.6 Å². The maximum absolute atomic E-state index is 12.8. The monoisotopic (exact) mass is 402 g/mol. The van der Waals surface area contributed by atoms with Crippen molar-refractivity contribution < 1.29 is 4.79 Å². The summed E-state index contributed by atoms with van der Waals surface area (Å²) in [6.07, 6.45) is 6.25. The summed E-state index contributed by atoms with van der Waals surface area (Å²) in [5.41, 5.74) is 2.73. The van der Waals surface area contributed by atoms with Gasteiger partial charge < -0.3 is 5.32 Å². The van der Waals surface area contributed by atoms with Gasteiger partial charge in [-0.2, -0.15) is 5.10 Å². The van der Waals surface area contributed by atoms with E-state index in [1.165, 1.54) is 35.0 Å². The Bertz CT molecular complexity index is 1310. The number of aromatic nitrogens is 7. The first kappa shape index (κ1) is 17.2. The number of benzene rings is 1. The summed E-state index contributed by atoms with van der Waals surface area (Å²) in [4.78, 5) is 31.0. The minimum Gasteiger partial charge on any atom is -0.306 e. The van der Waals surface area contributed by atoms with Crippen LogP contribution in [0, 0.1) is 6.92 Å². The van der Waals surface area contributed by atoms with Crippen LogP contribution in [-0.2, 0) is 0 Å². The first-order valence-electron chi connectivity index (χ1n) is 8.71. The van der Waals surface area contributed by atoms with Crippen molar-refractivity contribution in [1.29, 1.82) is 0 Å². The molecule has 142 valence electrons. The number of nitrogens with zero attached hydrogens (tertiary/aromatic N) is 7. The van der Waals surface area contributed by atoms with Crippen molar-refractivity contribution in [2.45, 2.75) is 6.92 Å². The summed E-state index contributed by atoms with van der Waals surface area (Å²) in [5.74, 6) is 0.645. The third kappa shape index (κ3) is 3.15. The molecule has 29 heavy (non-hydrogen) atoms. The highest BCUT2D eigenvalue weighted by Crippen LogP contribution is 2.27. The highest BCUT2D eigenvalue weighted by atomic mass is 32.1. The van der Waals surface area contributed by atoms with Gasteiger partial charge in [0.05, 0.1) is 5.69 Å². The van der Waals surface area contributed by atoms with E-state index in [2.05, 4.69) is 30.4 Å². The fourth-order valence-corrected chi connectivity index (χ4v) is 3.95. The summed E-state index contributed by atoms with van der Waals surface area (Å²) in [6.45, 7) is 1.90. The van der Waals surface area contributed by atoms with Crippen molar-refractivity contribution in [2.24, 2.45) is 0 Å². The van der Waals surface area contributed by atoms with E-state index in [-0.39, 0.29) is 5.91 Å². The molecule has 0 unspecified atom stereocenters. The molecule has 0 fully saturated rings. The summed E-state index contributed by atoms with van der Waals surface area (Å²) >= 11 is 1.34. The quantitative estimate of drug-likeness (QED) is 0.496. The van der Waals surface area contributed by atoms with Gasteiger partial charge in [-0.25, -0.2) is 24.6 Å². The van der Waals surface area contributed by atoms with Crippen LogP contribution in [0.3, 0.4) is 0 Å². The zero-order valence-corrected chi connectivity index (χ0v) is 16.0. The molecular formula is C19H14N8OS. The van der Waals surface area contributed by atoms with E-state index in [1.54, 1.807) is 6.07 Å². The molecule has 1 aromatic carbocycles. The minimum atomic E-state index is -0.248. The summed E-state index contributed by atoms with van der Waals surface area (Å²) in [7, 11) is 0. The maximum atomic E-state index is 12.8. The number of hydrogen-bond acceptors (Lipinski definition) is 7. The number of carbonyl (C=O) groups excluding carboxylic acids is 1. The van der Waals surface area contributed by atoms with Gasteiger partial charge in [0, 0.05) is 23.5 Å². The number of carbonyl (C=O) groups is 1. The Morgan fingerprint density at radius 2 is 2.00 bits per heavy atom. The average Bonchev–Trinajstić information content (AvgIpc) is 3.47. The lowest BCUT2D eigenvalue weighted by atomic mass is 10.2. The third-order valence-electron chi connectivity index (χ3n) is 4.38. The molecule has 0 saturated carbocycles. The molecule has 0 aliphatic carbocycles. The van der Waals surface area contributed by atoms with Gasteiger partial charge in [-0.1, -0.05) is 41.7 Å². The molecule has 0 aliphatic rings. The zero-order valence-electron chi connectivity index (χ0n) is 15.2. The molecule has 5 rings (SSSR count). The molecule has 5 aromatic rings. The number of anilines is 1. The van der Waals surface area contributed by atoms with Crippen molar-refractivity contribution in [2.75, 3.05) is 5.32 Å². The van der Waals surface area contributed by atoms with E-state index < -0.39 is 0 Å². The first-order chi connectivity index (χ1) is 14.2. The highest BCUT2D eigenvalue weighted by molar-refractivity contribution is 7.19. The molecule has 4 heterocycles. The third-order valence-corrected chi connectivity index (χ3v) is 5.54. The second-order valence-electron chi connectivity index (χ2n) is 6.22. The Labute approximate surface area is 168 Å². The molecule has 9 nitrogen and oxygen atoms in total. The van der Waals surface area contributed by atoms with E-state index >= 15 is 0 Å². The summed E-state index contributed by atoms with van der Waals surface area (Å²) < 4.78 is 3.43. The molecule has 10 heteroatoms. The van der Waals surface area contributed by atoms with Gasteiger partial charge >= 0.3 is 0 Å². The Kier molecular flexibility index (Phi) is 4.10. The van der Waals surface area contributed by atoms with Crippen LogP contribution in [0.4, 0.5) is 5.82 Å². The Balaban J connectivity index is 1.42. The average molecular weight is 402 g/mol. The van der Waals surface area contributed by atoms with Crippen LogP contribution in [-0.4, -0.2) is 40.0 Å². The van der Waals surface area contributed by atoms with Gasteiger partial charge in [0.2, 0.25) is 0 Å². The molecule has 0 saturated heterocycles. The number of nitrogens with one attached hydrogen (secondary N) is 1. The summed E-state index contributed by atoms with van der Waals surface area (Å²) in [6, 6.07) is 11.6. The van der Waals surface area contributed by atoms with Crippen LogP contribution in [0.2, 0.25) is 0 Å². The Morgan fingerprint density at radius 3 is 2.76 bits per heavy atom. The molecule has 0 aliphatic heterocycles. The van der Waals surface area contributed by atoms with E-state index in [1.807, 2.05) is 47.9 Å². The van der Waals surface area contributed by atoms with Crippen LogP contribution in [0.25, 0.3) is 22.0 Å². The van der Waals surface area contributed by atoms with Crippen molar-refractivity contribution in [1.82, 2.24) is 34.1 Å². The highest BCUT2D eigenvalue weighted by Gasteiger charge is 2.19. The predicted octanol–water partition coefficient (Wildman–Crippen LogP) is 2.99. The van der Waals surface area contributed by atoms with Crippen LogP contribution < -0.4 is 5.32 Å². The number of rotatable bonds is 4. The molecular weight excluding hydrogens is 388 g/mol. The zero-order chi connectivity index (χ0) is 19.8. The smallest absolute Gasteiger partial charge is 0.268 e. The fourth-order valence-electron chi connectivity index (χ4n) is 2.95. The molecule has 1 amide bonds. The normalized spacial score (nSPS) is 11.1. The predicted molar refractivity (Wildman–Crippen MR) is 108 cm³/mol. The number of aryl methyl sites for hydroxylation is 1. The van der Waals surface area contributed by atoms with Crippen LogP contribution in [0.1, 0.15) is 15.4 Å². The Hall–Kier alpha value is -3.92. The molecule has 1 N–H and O–H groups in total. The van der Waals surface area contributed by atoms with Gasteiger partial charge in [0.15, 0.2) is 10.8 Å². The maximum Gasteiger partial charge on any atom is 0.268 e. The fraction of sp³-hybridized carbons (Fsp3) is 0.0526. The van der Waals surface area contributed by atoms with Crippen molar-refractivity contribution in [3.63, 3.8) is 0 Å². The van der Waals surface area contributed by atoms with E-state index in [4.69, 9.17) is 0 Å². The minimum absolute atomic E-state index is 0.248. The molecule has 0 radical (unpaired) electrons. The van der Waals surface area contributed by atoms with Gasteiger partial charge in [0.25, 0.3) is 5.91 Å². The second kappa shape index (κ2) is 6.91. The number of fused-ring (bicyclic) bond motifs is 1. The lowest BCUT2D eigenvalue weighted by Gasteiger charge is -2.05. The van der Waals surface area contributed by atoms with Gasteiger partial charge in [0.1, 0.15) is 29.7 Å². The molecule has 0 bridgehead atoms. The van der Waals surface area contributed by atoms with E-state index in [9.17, 15) is 4.79 Å². The largest absolute Gasteiger partial charge is 0.306 e. The van der Waals surface area contributed by atoms with Crippen molar-refractivity contribution >= 4 is 28.0 Å². The second-order valence-corrected chi connectivity index (χ2v) is 7.19. The van der Waals surface area contributed by atoms with Crippen molar-refractivity contribution in [3.8, 4) is 17.1 Å². The van der Waals surface area contributed by atoms with Gasteiger partial charge in [-0.05, 0) is 6.92 Å². The van der Waals surface area contributed by atoms with Crippen LogP contribution in [0.5, 0.6) is 0 Å². The van der Waals surface area contributed by atoms with E-state index in [0.717, 1.165) is 21.9 Å². The lowest BCUT2D eigenvalue weighted by Crippen LogP contribution is -2.13.